The van der Waals surface area contributed by atoms with Gasteiger partial charge in [0.1, 0.15) is 12.4 Å². The molecule has 130 valence electrons. The van der Waals surface area contributed by atoms with Crippen LogP contribution in [0.1, 0.15) is 39.5 Å². The van der Waals surface area contributed by atoms with Crippen molar-refractivity contribution in [3.8, 4) is 0 Å². The summed E-state index contributed by atoms with van der Waals surface area (Å²) in [4.78, 5) is 28.5. The summed E-state index contributed by atoms with van der Waals surface area (Å²) in [7, 11) is 0. The molecule has 0 aliphatic carbocycles. The number of hydrogen-bond donors (Lipinski definition) is 1. The third-order valence-electron chi connectivity index (χ3n) is 4.23. The summed E-state index contributed by atoms with van der Waals surface area (Å²) in [5.41, 5.74) is 0.0105. The fourth-order valence-corrected chi connectivity index (χ4v) is 2.66. The van der Waals surface area contributed by atoms with E-state index in [9.17, 15) is 14.0 Å². The smallest absolute Gasteiger partial charge is 0.261 e. The summed E-state index contributed by atoms with van der Waals surface area (Å²) in [6, 6.07) is 3.86. The molecular formula is C18H24FN3O2. The number of carbonyl (C=O) groups excluding carboxylic acids is 1. The van der Waals surface area contributed by atoms with Crippen molar-refractivity contribution in [1.82, 2.24) is 14.9 Å². The Morgan fingerprint density at radius 1 is 1.38 bits per heavy atom. The van der Waals surface area contributed by atoms with E-state index in [0.29, 0.717) is 18.0 Å². The van der Waals surface area contributed by atoms with Gasteiger partial charge in [-0.1, -0.05) is 33.1 Å². The fraction of sp³-hybridized carbons (Fsp3) is 0.500. The first-order chi connectivity index (χ1) is 11.5. The molecule has 1 aromatic carbocycles. The quantitative estimate of drug-likeness (QED) is 0.808. The number of aromatic nitrogens is 2. The highest BCUT2D eigenvalue weighted by Crippen LogP contribution is 2.11. The number of halogens is 1. The number of nitrogens with zero attached hydrogens (tertiary/aromatic N) is 2. The number of benzene rings is 1. The third kappa shape index (κ3) is 4.63. The van der Waals surface area contributed by atoms with Gasteiger partial charge in [0.2, 0.25) is 5.91 Å². The van der Waals surface area contributed by atoms with Crippen molar-refractivity contribution in [2.24, 2.45) is 5.92 Å². The highest BCUT2D eigenvalue weighted by molar-refractivity contribution is 5.78. The molecule has 1 heterocycles. The van der Waals surface area contributed by atoms with Gasteiger partial charge in [-0.3, -0.25) is 14.2 Å². The van der Waals surface area contributed by atoms with Crippen LogP contribution in [0.3, 0.4) is 0 Å². The van der Waals surface area contributed by atoms with Crippen LogP contribution in [0, 0.1) is 11.7 Å². The molecule has 1 amide bonds. The number of nitrogens with one attached hydrogen (secondary N) is 1. The number of fused-ring (bicyclic) bond motifs is 1. The van der Waals surface area contributed by atoms with Crippen LogP contribution < -0.4 is 10.9 Å². The van der Waals surface area contributed by atoms with Gasteiger partial charge < -0.3 is 5.32 Å². The van der Waals surface area contributed by atoms with E-state index in [1.54, 1.807) is 0 Å². The molecule has 1 atom stereocenters. The van der Waals surface area contributed by atoms with E-state index in [-0.39, 0.29) is 17.8 Å². The largest absolute Gasteiger partial charge is 0.354 e. The van der Waals surface area contributed by atoms with E-state index < -0.39 is 11.4 Å². The molecule has 0 saturated carbocycles. The molecule has 1 N–H and O–H groups in total. The zero-order chi connectivity index (χ0) is 17.5. The van der Waals surface area contributed by atoms with Gasteiger partial charge in [-0.2, -0.15) is 0 Å². The predicted octanol–water partition coefficient (Wildman–Crippen LogP) is 2.87. The van der Waals surface area contributed by atoms with Crippen molar-refractivity contribution < 1.29 is 9.18 Å². The molecule has 2 rings (SSSR count). The van der Waals surface area contributed by atoms with Crippen LogP contribution in [-0.2, 0) is 11.3 Å². The normalized spacial score (nSPS) is 12.3. The summed E-state index contributed by atoms with van der Waals surface area (Å²) < 4.78 is 14.5. The van der Waals surface area contributed by atoms with Crippen LogP contribution in [0.4, 0.5) is 4.39 Å². The molecule has 24 heavy (non-hydrogen) atoms. The van der Waals surface area contributed by atoms with E-state index in [4.69, 9.17) is 0 Å². The SMILES string of the molecule is CCCCC(CC)CNC(=O)Cn1cnc2ccc(F)cc2c1=O. The standard InChI is InChI=1S/C18H24FN3O2/c1-3-5-6-13(4-2)10-20-17(23)11-22-12-21-16-8-7-14(19)9-15(16)18(22)24/h7-9,12-13H,3-6,10-11H2,1-2H3,(H,20,23). The number of hydrogen-bond acceptors (Lipinski definition) is 3. The van der Waals surface area contributed by atoms with Crippen LogP contribution in [0.2, 0.25) is 0 Å². The molecule has 0 spiro atoms. The maximum atomic E-state index is 13.3. The van der Waals surface area contributed by atoms with Crippen molar-refractivity contribution in [1.29, 1.82) is 0 Å². The first kappa shape index (κ1) is 18.1. The molecule has 0 aliphatic heterocycles. The average Bonchev–Trinajstić information content (AvgIpc) is 2.58. The lowest BCUT2D eigenvalue weighted by Gasteiger charge is -2.15. The number of unbranched alkanes of at least 4 members (excludes halogenated alkanes) is 1. The molecule has 1 unspecified atom stereocenters. The van der Waals surface area contributed by atoms with Crippen molar-refractivity contribution in [3.05, 3.63) is 40.7 Å². The number of amides is 1. The van der Waals surface area contributed by atoms with Crippen molar-refractivity contribution >= 4 is 16.8 Å². The Balaban J connectivity index is 2.02. The van der Waals surface area contributed by atoms with Gasteiger partial charge in [-0.25, -0.2) is 9.37 Å². The van der Waals surface area contributed by atoms with E-state index in [1.807, 2.05) is 0 Å². The lowest BCUT2D eigenvalue weighted by Crippen LogP contribution is -2.35. The van der Waals surface area contributed by atoms with Gasteiger partial charge in [0.25, 0.3) is 5.56 Å². The van der Waals surface area contributed by atoms with E-state index in [0.717, 1.165) is 31.7 Å². The second-order valence-corrected chi connectivity index (χ2v) is 6.06. The summed E-state index contributed by atoms with van der Waals surface area (Å²) in [5.74, 6) is -0.274. The molecule has 6 heteroatoms. The maximum absolute atomic E-state index is 13.3. The van der Waals surface area contributed by atoms with E-state index in [1.165, 1.54) is 23.0 Å². The van der Waals surface area contributed by atoms with Crippen molar-refractivity contribution in [2.45, 2.75) is 46.1 Å². The van der Waals surface area contributed by atoms with Crippen LogP contribution in [0.5, 0.6) is 0 Å². The highest BCUT2D eigenvalue weighted by atomic mass is 19.1. The van der Waals surface area contributed by atoms with Crippen LogP contribution >= 0.6 is 0 Å². The average molecular weight is 333 g/mol. The Hall–Kier alpha value is -2.24. The minimum atomic E-state index is -0.495. The van der Waals surface area contributed by atoms with Crippen molar-refractivity contribution in [3.63, 3.8) is 0 Å². The van der Waals surface area contributed by atoms with Crippen LogP contribution in [0.15, 0.2) is 29.3 Å². The second kappa shape index (κ2) is 8.57. The number of rotatable bonds is 8. The topological polar surface area (TPSA) is 64.0 Å². The molecule has 0 aliphatic rings. The van der Waals surface area contributed by atoms with Gasteiger partial charge in [-0.15, -0.1) is 0 Å². The molecule has 0 fully saturated rings. The molecule has 2 aromatic rings. The Morgan fingerprint density at radius 3 is 2.88 bits per heavy atom. The molecular weight excluding hydrogens is 309 g/mol. The third-order valence-corrected chi connectivity index (χ3v) is 4.23. The summed E-state index contributed by atoms with van der Waals surface area (Å²) in [6.07, 6.45) is 5.71. The molecule has 5 nitrogen and oxygen atoms in total. The molecule has 0 saturated heterocycles. The lowest BCUT2D eigenvalue weighted by molar-refractivity contribution is -0.121. The van der Waals surface area contributed by atoms with Crippen LogP contribution in [0.25, 0.3) is 10.9 Å². The number of carbonyl (C=O) groups is 1. The Morgan fingerprint density at radius 2 is 2.17 bits per heavy atom. The Kier molecular flexibility index (Phi) is 6.46. The maximum Gasteiger partial charge on any atom is 0.261 e. The highest BCUT2D eigenvalue weighted by Gasteiger charge is 2.11. The van der Waals surface area contributed by atoms with Gasteiger partial charge in [0.05, 0.1) is 17.2 Å². The summed E-state index contributed by atoms with van der Waals surface area (Å²) in [6.45, 7) is 4.76. The van der Waals surface area contributed by atoms with Crippen molar-refractivity contribution in [2.75, 3.05) is 6.54 Å². The zero-order valence-corrected chi connectivity index (χ0v) is 14.2. The first-order valence-corrected chi connectivity index (χ1v) is 8.46. The summed E-state index contributed by atoms with van der Waals surface area (Å²) in [5, 5.41) is 3.06. The second-order valence-electron chi connectivity index (χ2n) is 6.06. The Labute approximate surface area is 140 Å². The van der Waals surface area contributed by atoms with Crippen LogP contribution in [-0.4, -0.2) is 22.0 Å². The van der Waals surface area contributed by atoms with E-state index >= 15 is 0 Å². The lowest BCUT2D eigenvalue weighted by atomic mass is 9.99. The Bertz CT molecular complexity index is 758. The fourth-order valence-electron chi connectivity index (χ4n) is 2.66. The van der Waals surface area contributed by atoms with Gasteiger partial charge in [0.15, 0.2) is 0 Å². The minimum absolute atomic E-state index is 0.109. The minimum Gasteiger partial charge on any atom is -0.354 e. The molecule has 0 radical (unpaired) electrons. The van der Waals surface area contributed by atoms with Gasteiger partial charge in [0, 0.05) is 6.54 Å². The first-order valence-electron chi connectivity index (χ1n) is 8.46. The molecule has 0 bridgehead atoms. The monoisotopic (exact) mass is 333 g/mol. The van der Waals surface area contributed by atoms with E-state index in [2.05, 4.69) is 24.1 Å². The predicted molar refractivity (Wildman–Crippen MR) is 92.3 cm³/mol. The summed E-state index contributed by atoms with van der Waals surface area (Å²) >= 11 is 0. The van der Waals surface area contributed by atoms with Gasteiger partial charge in [-0.05, 0) is 30.5 Å². The molecule has 1 aromatic heterocycles. The zero-order valence-electron chi connectivity index (χ0n) is 14.2. The van der Waals surface area contributed by atoms with Gasteiger partial charge >= 0.3 is 0 Å².